The number of hydrogen-bond acceptors (Lipinski definition) is 8. The summed E-state index contributed by atoms with van der Waals surface area (Å²) in [7, 11) is 0. The zero-order valence-electron chi connectivity index (χ0n) is 20.6. The highest BCUT2D eigenvalue weighted by Crippen LogP contribution is 2.29. The van der Waals surface area contributed by atoms with Gasteiger partial charge in [0.2, 0.25) is 5.91 Å². The summed E-state index contributed by atoms with van der Waals surface area (Å²) >= 11 is 0. The molecular weight excluding hydrogens is 488 g/mol. The van der Waals surface area contributed by atoms with E-state index in [1.54, 1.807) is 0 Å². The van der Waals surface area contributed by atoms with Crippen molar-refractivity contribution in [1.82, 2.24) is 20.9 Å². The van der Waals surface area contributed by atoms with Crippen molar-refractivity contribution >= 4 is 23.5 Å². The Kier molecular flexibility index (Phi) is 8.62. The lowest BCUT2D eigenvalue weighted by atomic mass is 9.84. The van der Waals surface area contributed by atoms with Crippen LogP contribution in [0.4, 0.5) is 0 Å². The fourth-order valence-corrected chi connectivity index (χ4v) is 4.64. The van der Waals surface area contributed by atoms with E-state index in [1.807, 2.05) is 60.7 Å². The first-order valence-electron chi connectivity index (χ1n) is 12.3. The van der Waals surface area contributed by atoms with Crippen molar-refractivity contribution in [1.29, 1.82) is 5.41 Å². The average Bonchev–Trinajstić information content (AvgIpc) is 3.63. The van der Waals surface area contributed by atoms with Gasteiger partial charge in [-0.05, 0) is 30.5 Å². The molecule has 0 bridgehead atoms. The summed E-state index contributed by atoms with van der Waals surface area (Å²) in [5, 5.41) is 25.8. The summed E-state index contributed by atoms with van der Waals surface area (Å²) < 4.78 is 5.56. The number of nitrogen functional groups attached to an aromatic ring is 1. The van der Waals surface area contributed by atoms with Gasteiger partial charge >= 0.3 is 5.97 Å². The molecule has 1 aromatic heterocycles. The van der Waals surface area contributed by atoms with Crippen LogP contribution >= 0.6 is 0 Å². The van der Waals surface area contributed by atoms with Crippen LogP contribution < -0.4 is 21.7 Å². The molecule has 198 valence electrons. The molecule has 4 rings (SSSR count). The number of carbonyl (C=O) groups excluding carboxylic acids is 2. The maximum Gasteiger partial charge on any atom is 0.317 e. The van der Waals surface area contributed by atoms with Crippen molar-refractivity contribution in [2.24, 2.45) is 5.73 Å². The van der Waals surface area contributed by atoms with Crippen LogP contribution in [-0.2, 0) is 14.4 Å². The van der Waals surface area contributed by atoms with Gasteiger partial charge < -0.3 is 25.9 Å². The van der Waals surface area contributed by atoms with E-state index in [4.69, 9.17) is 15.6 Å². The number of aliphatic carboxylic acids is 1. The summed E-state index contributed by atoms with van der Waals surface area (Å²) in [6.45, 7) is 0.187. The molecule has 2 heterocycles. The minimum absolute atomic E-state index is 0.0372. The number of nitrogens with two attached hydrogens (primary N) is 1. The SMILES string of the molecule is N=C(N)c1ncc(C(NC(=O)[C@H](NCC(=O)O)C(c2ccccc2)c2ccccc2)C(=O)[C@@H]2CCCN2)o1. The third-order valence-corrected chi connectivity index (χ3v) is 6.42. The van der Waals surface area contributed by atoms with E-state index in [9.17, 15) is 19.5 Å². The zero-order chi connectivity index (χ0) is 27.1. The Balaban J connectivity index is 1.72. The van der Waals surface area contributed by atoms with E-state index in [2.05, 4.69) is 20.9 Å². The van der Waals surface area contributed by atoms with E-state index in [1.165, 1.54) is 6.20 Å². The maximum absolute atomic E-state index is 13.9. The third kappa shape index (κ3) is 6.31. The maximum atomic E-state index is 13.9. The van der Waals surface area contributed by atoms with Crippen LogP contribution in [0.3, 0.4) is 0 Å². The van der Waals surface area contributed by atoms with Crippen LogP contribution in [0.15, 0.2) is 71.3 Å². The number of carbonyl (C=O) groups is 3. The Morgan fingerprint density at radius 3 is 2.24 bits per heavy atom. The summed E-state index contributed by atoms with van der Waals surface area (Å²) in [4.78, 5) is 42.9. The number of nitrogens with one attached hydrogen (secondary N) is 4. The van der Waals surface area contributed by atoms with Crippen LogP contribution in [0.1, 0.15) is 47.6 Å². The third-order valence-electron chi connectivity index (χ3n) is 6.42. The van der Waals surface area contributed by atoms with Crippen LogP contribution in [0.25, 0.3) is 0 Å². The number of nitrogens with zero attached hydrogens (tertiary/aromatic N) is 1. The molecule has 0 radical (unpaired) electrons. The Hall–Kier alpha value is -4.35. The number of aromatic nitrogens is 1. The molecular formula is C27H30N6O5. The normalized spacial score (nSPS) is 16.6. The predicted molar refractivity (Wildman–Crippen MR) is 139 cm³/mol. The lowest BCUT2D eigenvalue weighted by Crippen LogP contribution is -2.52. The van der Waals surface area contributed by atoms with Gasteiger partial charge in [-0.2, -0.15) is 0 Å². The highest BCUT2D eigenvalue weighted by Gasteiger charge is 2.38. The molecule has 1 fully saturated rings. The van der Waals surface area contributed by atoms with E-state index in [0.29, 0.717) is 13.0 Å². The molecule has 11 nitrogen and oxygen atoms in total. The van der Waals surface area contributed by atoms with E-state index in [0.717, 1.165) is 17.5 Å². The number of hydrogen-bond donors (Lipinski definition) is 6. The predicted octanol–water partition coefficient (Wildman–Crippen LogP) is 1.31. The van der Waals surface area contributed by atoms with Crippen molar-refractivity contribution in [3.05, 3.63) is 89.6 Å². The number of amides is 1. The zero-order valence-corrected chi connectivity index (χ0v) is 20.6. The van der Waals surface area contributed by atoms with Gasteiger partial charge in [0, 0.05) is 5.92 Å². The molecule has 1 aliphatic rings. The van der Waals surface area contributed by atoms with Crippen LogP contribution in [0.2, 0.25) is 0 Å². The molecule has 0 spiro atoms. The summed E-state index contributed by atoms with van der Waals surface area (Å²) in [6, 6.07) is 15.7. The second-order valence-corrected chi connectivity index (χ2v) is 9.03. The highest BCUT2D eigenvalue weighted by atomic mass is 16.4. The molecule has 1 amide bonds. The number of amidine groups is 1. The van der Waals surface area contributed by atoms with Crippen molar-refractivity contribution < 1.29 is 23.9 Å². The molecule has 1 unspecified atom stereocenters. The van der Waals surface area contributed by atoms with E-state index < -0.39 is 48.3 Å². The molecule has 3 atom stereocenters. The fourth-order valence-electron chi connectivity index (χ4n) is 4.64. The van der Waals surface area contributed by atoms with Crippen LogP contribution in [0.5, 0.6) is 0 Å². The summed E-state index contributed by atoms with van der Waals surface area (Å²) in [5.41, 5.74) is 7.06. The number of carboxylic acids is 1. The first-order valence-corrected chi connectivity index (χ1v) is 12.3. The Labute approximate surface area is 219 Å². The standard InChI is InChI=1S/C27H30N6O5/c28-25(29)27-32-14-19(38-27)22(24(36)18-12-7-13-30-18)33-26(37)23(31-15-20(34)35)21(16-8-3-1-4-9-16)17-10-5-2-6-11-17/h1-6,8-11,14,18,21-23,30-31H,7,12-13,15H2,(H3,28,29)(H,33,37)(H,34,35)/t18-,22?,23+/m0/s1. The largest absolute Gasteiger partial charge is 0.480 e. The number of oxazole rings is 1. The number of rotatable bonds is 12. The Morgan fingerprint density at radius 2 is 1.74 bits per heavy atom. The molecule has 0 saturated carbocycles. The smallest absolute Gasteiger partial charge is 0.317 e. The van der Waals surface area contributed by atoms with Gasteiger partial charge in [-0.1, -0.05) is 60.7 Å². The number of carboxylic acid groups (broad SMARTS) is 1. The Morgan fingerprint density at radius 1 is 1.11 bits per heavy atom. The molecule has 38 heavy (non-hydrogen) atoms. The Bertz CT molecular complexity index is 1230. The van der Waals surface area contributed by atoms with Gasteiger partial charge in [-0.25, -0.2) is 4.98 Å². The lowest BCUT2D eigenvalue weighted by molar-refractivity contribution is -0.136. The molecule has 3 aromatic rings. The highest BCUT2D eigenvalue weighted by molar-refractivity contribution is 5.95. The van der Waals surface area contributed by atoms with Crippen molar-refractivity contribution in [2.45, 2.75) is 36.9 Å². The van der Waals surface area contributed by atoms with Gasteiger partial charge in [-0.15, -0.1) is 0 Å². The van der Waals surface area contributed by atoms with Gasteiger partial charge in [0.05, 0.1) is 24.8 Å². The second kappa shape index (κ2) is 12.3. The summed E-state index contributed by atoms with van der Waals surface area (Å²) in [5.74, 6) is -3.17. The summed E-state index contributed by atoms with van der Waals surface area (Å²) in [6.07, 6.45) is 2.66. The average molecular weight is 519 g/mol. The van der Waals surface area contributed by atoms with Crippen LogP contribution in [0, 0.1) is 5.41 Å². The number of Topliss-reactive ketones (excluding diaryl/α,β-unsaturated/α-hetero) is 1. The van der Waals surface area contributed by atoms with Gasteiger partial charge in [0.15, 0.2) is 17.4 Å². The molecule has 2 aromatic carbocycles. The van der Waals surface area contributed by atoms with Crippen molar-refractivity contribution in [3.63, 3.8) is 0 Å². The second-order valence-electron chi connectivity index (χ2n) is 9.03. The van der Waals surface area contributed by atoms with Gasteiger partial charge in [0.25, 0.3) is 5.89 Å². The first kappa shape index (κ1) is 26.7. The van der Waals surface area contributed by atoms with Crippen molar-refractivity contribution in [2.75, 3.05) is 13.1 Å². The molecule has 1 saturated heterocycles. The minimum Gasteiger partial charge on any atom is -0.480 e. The quantitative estimate of drug-likeness (QED) is 0.152. The van der Waals surface area contributed by atoms with Crippen molar-refractivity contribution in [3.8, 4) is 0 Å². The molecule has 7 N–H and O–H groups in total. The molecule has 1 aliphatic heterocycles. The van der Waals surface area contributed by atoms with Gasteiger partial charge in [0.1, 0.15) is 6.04 Å². The molecule has 0 aliphatic carbocycles. The minimum atomic E-state index is -1.22. The lowest BCUT2D eigenvalue weighted by Gasteiger charge is -2.29. The first-order chi connectivity index (χ1) is 18.3. The van der Waals surface area contributed by atoms with E-state index >= 15 is 0 Å². The topological polar surface area (TPSA) is 183 Å². The fraction of sp³-hybridized carbons (Fsp3) is 0.296. The number of benzene rings is 2. The molecule has 11 heteroatoms. The van der Waals surface area contributed by atoms with Crippen LogP contribution in [-0.4, -0.2) is 58.8 Å². The van der Waals surface area contributed by atoms with Gasteiger partial charge in [-0.3, -0.25) is 25.1 Å². The number of ketones is 1. The van der Waals surface area contributed by atoms with E-state index in [-0.39, 0.29) is 17.4 Å². The monoisotopic (exact) mass is 518 g/mol.